The van der Waals surface area contributed by atoms with Crippen LogP contribution < -0.4 is 5.73 Å². The van der Waals surface area contributed by atoms with Crippen LogP contribution >= 0.6 is 0 Å². The molecular formula is C10H20N4O2S. The molecule has 0 bridgehead atoms. The van der Waals surface area contributed by atoms with Crippen molar-refractivity contribution in [3.8, 4) is 0 Å². The van der Waals surface area contributed by atoms with Gasteiger partial charge in [-0.2, -0.15) is 4.31 Å². The molecule has 0 saturated carbocycles. The quantitative estimate of drug-likeness (QED) is 0.862. The van der Waals surface area contributed by atoms with Gasteiger partial charge in [-0.15, -0.1) is 0 Å². The molecule has 0 aliphatic carbocycles. The number of sulfonamides is 1. The van der Waals surface area contributed by atoms with Crippen molar-refractivity contribution in [2.24, 2.45) is 13.0 Å². The Labute approximate surface area is 102 Å². The fraction of sp³-hybridized carbons (Fsp3) is 0.700. The first kappa shape index (κ1) is 14.0. The highest BCUT2D eigenvalue weighted by molar-refractivity contribution is 7.89. The second kappa shape index (κ2) is 4.66. The number of nitrogens with two attached hydrogens (primary N) is 1. The van der Waals surface area contributed by atoms with E-state index in [0.717, 1.165) is 0 Å². The molecule has 98 valence electrons. The third-order valence-electron chi connectivity index (χ3n) is 3.07. The molecule has 0 spiro atoms. The normalized spacial score (nSPS) is 14.5. The minimum absolute atomic E-state index is 0.0373. The molecule has 1 atom stereocenters. The van der Waals surface area contributed by atoms with Crippen molar-refractivity contribution < 1.29 is 8.42 Å². The lowest BCUT2D eigenvalue weighted by atomic mass is 10.1. The van der Waals surface area contributed by atoms with Gasteiger partial charge >= 0.3 is 0 Å². The van der Waals surface area contributed by atoms with Gasteiger partial charge in [0.1, 0.15) is 0 Å². The van der Waals surface area contributed by atoms with Crippen LogP contribution in [0.2, 0.25) is 0 Å². The van der Waals surface area contributed by atoms with Crippen molar-refractivity contribution in [2.75, 3.05) is 12.8 Å². The van der Waals surface area contributed by atoms with Gasteiger partial charge in [0.2, 0.25) is 0 Å². The van der Waals surface area contributed by atoms with Gasteiger partial charge in [-0.3, -0.25) is 0 Å². The van der Waals surface area contributed by atoms with Crippen LogP contribution in [0, 0.1) is 5.92 Å². The third kappa shape index (κ3) is 2.44. The van der Waals surface area contributed by atoms with E-state index in [-0.39, 0.29) is 22.8 Å². The van der Waals surface area contributed by atoms with E-state index in [1.165, 1.54) is 15.2 Å². The van der Waals surface area contributed by atoms with Gasteiger partial charge in [0, 0.05) is 20.1 Å². The van der Waals surface area contributed by atoms with Gasteiger partial charge < -0.3 is 10.3 Å². The van der Waals surface area contributed by atoms with Crippen LogP contribution in [0.3, 0.4) is 0 Å². The van der Waals surface area contributed by atoms with Crippen LogP contribution in [-0.2, 0) is 17.1 Å². The van der Waals surface area contributed by atoms with E-state index >= 15 is 0 Å². The first-order valence-electron chi connectivity index (χ1n) is 5.44. The van der Waals surface area contributed by atoms with Gasteiger partial charge in [-0.1, -0.05) is 13.8 Å². The van der Waals surface area contributed by atoms with Gasteiger partial charge in [-0.05, 0) is 12.8 Å². The lowest BCUT2D eigenvalue weighted by Crippen LogP contribution is -2.39. The third-order valence-corrected chi connectivity index (χ3v) is 5.15. The number of hydrogen-bond acceptors (Lipinski definition) is 4. The summed E-state index contributed by atoms with van der Waals surface area (Å²) in [6, 6.07) is -0.103. The summed E-state index contributed by atoms with van der Waals surface area (Å²) in [6.07, 6.45) is 1.40. The number of rotatable bonds is 4. The molecule has 0 saturated heterocycles. The number of imidazole rings is 1. The number of anilines is 1. The highest BCUT2D eigenvalue weighted by Crippen LogP contribution is 2.23. The summed E-state index contributed by atoms with van der Waals surface area (Å²) in [4.78, 5) is 3.80. The minimum atomic E-state index is -3.59. The summed E-state index contributed by atoms with van der Waals surface area (Å²) in [6.45, 7) is 5.82. The van der Waals surface area contributed by atoms with E-state index in [1.807, 2.05) is 20.8 Å². The van der Waals surface area contributed by atoms with E-state index in [9.17, 15) is 8.42 Å². The molecule has 0 fully saturated rings. The molecule has 1 unspecified atom stereocenters. The van der Waals surface area contributed by atoms with Crippen LogP contribution in [0.15, 0.2) is 11.4 Å². The summed E-state index contributed by atoms with van der Waals surface area (Å²) < 4.78 is 27.5. The van der Waals surface area contributed by atoms with Gasteiger partial charge in [0.15, 0.2) is 10.8 Å². The lowest BCUT2D eigenvalue weighted by Gasteiger charge is -2.27. The highest BCUT2D eigenvalue weighted by Gasteiger charge is 2.31. The number of nitrogen functional groups attached to an aromatic ring is 1. The highest BCUT2D eigenvalue weighted by atomic mass is 32.2. The van der Waals surface area contributed by atoms with Gasteiger partial charge in [0.05, 0.1) is 6.33 Å². The number of hydrogen-bond donors (Lipinski definition) is 1. The summed E-state index contributed by atoms with van der Waals surface area (Å²) in [5.74, 6) is 0.263. The monoisotopic (exact) mass is 260 g/mol. The molecule has 0 aromatic carbocycles. The topological polar surface area (TPSA) is 81.2 Å². The summed E-state index contributed by atoms with van der Waals surface area (Å²) in [5.41, 5.74) is 5.60. The van der Waals surface area contributed by atoms with E-state index in [2.05, 4.69) is 4.98 Å². The first-order chi connectivity index (χ1) is 7.69. The van der Waals surface area contributed by atoms with Crippen LogP contribution in [0.5, 0.6) is 0 Å². The summed E-state index contributed by atoms with van der Waals surface area (Å²) in [5, 5.41) is 0.0486. The van der Waals surface area contributed by atoms with Crippen molar-refractivity contribution in [3.05, 3.63) is 6.33 Å². The van der Waals surface area contributed by atoms with Crippen LogP contribution in [0.4, 0.5) is 5.82 Å². The maximum absolute atomic E-state index is 12.4. The van der Waals surface area contributed by atoms with Crippen molar-refractivity contribution in [3.63, 3.8) is 0 Å². The predicted octanol–water partition coefficient (Wildman–Crippen LogP) is 0.667. The Kier molecular flexibility index (Phi) is 3.83. The summed E-state index contributed by atoms with van der Waals surface area (Å²) in [7, 11) is -0.415. The smallest absolute Gasteiger partial charge is 0.262 e. The molecule has 1 aromatic rings. The molecule has 0 amide bonds. The van der Waals surface area contributed by atoms with Crippen molar-refractivity contribution in [2.45, 2.75) is 31.8 Å². The Morgan fingerprint density at radius 1 is 1.41 bits per heavy atom. The van der Waals surface area contributed by atoms with Crippen molar-refractivity contribution in [1.82, 2.24) is 13.9 Å². The van der Waals surface area contributed by atoms with Gasteiger partial charge in [-0.25, -0.2) is 13.4 Å². The Morgan fingerprint density at radius 3 is 2.29 bits per heavy atom. The largest absolute Gasteiger partial charge is 0.381 e. The van der Waals surface area contributed by atoms with E-state index in [0.29, 0.717) is 0 Å². The van der Waals surface area contributed by atoms with Crippen LogP contribution in [-0.4, -0.2) is 35.4 Å². The molecule has 0 radical (unpaired) electrons. The SMILES string of the molecule is CC(C)C(C)N(C)S(=O)(=O)c1c(N)ncn1C. The fourth-order valence-corrected chi connectivity index (χ4v) is 3.21. The van der Waals surface area contributed by atoms with E-state index in [1.54, 1.807) is 14.1 Å². The lowest BCUT2D eigenvalue weighted by molar-refractivity contribution is 0.314. The number of nitrogens with zero attached hydrogens (tertiary/aromatic N) is 3. The first-order valence-corrected chi connectivity index (χ1v) is 6.88. The van der Waals surface area contributed by atoms with E-state index in [4.69, 9.17) is 5.73 Å². The summed E-state index contributed by atoms with van der Waals surface area (Å²) >= 11 is 0. The number of aromatic nitrogens is 2. The zero-order valence-electron chi connectivity index (χ0n) is 10.9. The Balaban J connectivity index is 3.21. The second-order valence-corrected chi connectivity index (χ2v) is 6.46. The molecule has 0 aliphatic heterocycles. The molecule has 6 nitrogen and oxygen atoms in total. The van der Waals surface area contributed by atoms with Gasteiger partial charge in [0.25, 0.3) is 10.0 Å². The van der Waals surface area contributed by atoms with Crippen molar-refractivity contribution >= 4 is 15.8 Å². The Morgan fingerprint density at radius 2 is 1.94 bits per heavy atom. The number of aryl methyl sites for hydroxylation is 1. The zero-order valence-corrected chi connectivity index (χ0v) is 11.7. The Hall–Kier alpha value is -1.08. The molecule has 17 heavy (non-hydrogen) atoms. The molecule has 1 heterocycles. The Bertz CT molecular complexity index is 473. The fourth-order valence-electron chi connectivity index (χ4n) is 1.53. The zero-order chi connectivity index (χ0) is 13.4. The van der Waals surface area contributed by atoms with E-state index < -0.39 is 10.0 Å². The standard InChI is InChI=1S/C10H20N4O2S/c1-7(2)8(3)14(5)17(15,16)10-9(11)12-6-13(10)4/h6-8H,11H2,1-5H3. The molecule has 2 N–H and O–H groups in total. The van der Waals surface area contributed by atoms with Crippen molar-refractivity contribution in [1.29, 1.82) is 0 Å². The maximum atomic E-state index is 12.4. The maximum Gasteiger partial charge on any atom is 0.262 e. The predicted molar refractivity (Wildman–Crippen MR) is 66.9 cm³/mol. The average molecular weight is 260 g/mol. The van der Waals surface area contributed by atoms with Crippen LogP contribution in [0.25, 0.3) is 0 Å². The molecule has 1 rings (SSSR count). The molecule has 7 heteroatoms. The molecule has 1 aromatic heterocycles. The van der Waals surface area contributed by atoms with Crippen LogP contribution in [0.1, 0.15) is 20.8 Å². The average Bonchev–Trinajstić information content (AvgIpc) is 2.56. The molecule has 0 aliphatic rings. The molecular weight excluding hydrogens is 240 g/mol. The second-order valence-electron chi connectivity index (χ2n) is 4.55. The minimum Gasteiger partial charge on any atom is -0.381 e.